The molecule has 2 aromatic heterocycles. The SMILES string of the molecule is Cc1c(-c2ccc(=O)n(Cc3cccc(F)c3F)c2)c2cc(F)ccc2n1CC(=O)N(C)C. The molecule has 8 heteroatoms. The van der Waals surface area contributed by atoms with E-state index in [2.05, 4.69) is 0 Å². The molecule has 0 unspecified atom stereocenters. The van der Waals surface area contributed by atoms with Gasteiger partial charge in [-0.25, -0.2) is 13.2 Å². The predicted octanol–water partition coefficient (Wildman–Crippen LogP) is 4.33. The molecule has 0 fully saturated rings. The maximum atomic E-state index is 14.2. The Hall–Kier alpha value is -3.81. The molecule has 2 aromatic carbocycles. The summed E-state index contributed by atoms with van der Waals surface area (Å²) in [5.41, 5.74) is 2.29. The quantitative estimate of drug-likeness (QED) is 0.452. The highest BCUT2D eigenvalue weighted by Crippen LogP contribution is 2.35. The molecule has 2 heterocycles. The van der Waals surface area contributed by atoms with Crippen molar-refractivity contribution in [1.82, 2.24) is 14.0 Å². The third-order valence-corrected chi connectivity index (χ3v) is 5.72. The number of carbonyl (C=O) groups excluding carboxylic acids is 1. The number of rotatable bonds is 5. The Kier molecular flexibility index (Phi) is 5.84. The standard InChI is InChI=1S/C25H22F3N3O2/c1-15-24(19-11-18(26)8-9-21(19)31(15)14-23(33)29(2)3)16-7-10-22(32)30(12-16)13-17-5-4-6-20(27)25(17)28/h4-12H,13-14H2,1-3H3. The van der Waals surface area contributed by atoms with Crippen LogP contribution in [-0.4, -0.2) is 34.0 Å². The molecule has 0 saturated heterocycles. The smallest absolute Gasteiger partial charge is 0.250 e. The first-order valence-electron chi connectivity index (χ1n) is 10.3. The van der Waals surface area contributed by atoms with Crippen LogP contribution in [0.15, 0.2) is 59.5 Å². The van der Waals surface area contributed by atoms with Gasteiger partial charge in [0, 0.05) is 59.6 Å². The van der Waals surface area contributed by atoms with Crippen molar-refractivity contribution in [1.29, 1.82) is 0 Å². The number of benzene rings is 2. The Morgan fingerprint density at radius 2 is 1.79 bits per heavy atom. The lowest BCUT2D eigenvalue weighted by Crippen LogP contribution is -2.26. The van der Waals surface area contributed by atoms with E-state index in [4.69, 9.17) is 0 Å². The first-order chi connectivity index (χ1) is 15.7. The number of aromatic nitrogens is 2. The van der Waals surface area contributed by atoms with Crippen LogP contribution in [0.1, 0.15) is 11.3 Å². The van der Waals surface area contributed by atoms with Crippen LogP contribution >= 0.6 is 0 Å². The average Bonchev–Trinajstić information content (AvgIpc) is 3.03. The molecule has 0 aliphatic carbocycles. The molecule has 0 bridgehead atoms. The zero-order valence-electron chi connectivity index (χ0n) is 18.4. The van der Waals surface area contributed by atoms with Crippen molar-refractivity contribution in [3.63, 3.8) is 0 Å². The van der Waals surface area contributed by atoms with Gasteiger partial charge in [0.1, 0.15) is 12.4 Å². The summed E-state index contributed by atoms with van der Waals surface area (Å²) in [6.45, 7) is 1.72. The van der Waals surface area contributed by atoms with Gasteiger partial charge in [0.15, 0.2) is 11.6 Å². The Labute approximate surface area is 188 Å². The summed E-state index contributed by atoms with van der Waals surface area (Å²) >= 11 is 0. The van der Waals surface area contributed by atoms with Gasteiger partial charge in [-0.2, -0.15) is 0 Å². The molecule has 0 spiro atoms. The van der Waals surface area contributed by atoms with Crippen LogP contribution in [0.4, 0.5) is 13.2 Å². The number of hydrogen-bond donors (Lipinski definition) is 0. The van der Waals surface area contributed by atoms with Gasteiger partial charge in [-0.05, 0) is 37.3 Å². The lowest BCUT2D eigenvalue weighted by atomic mass is 10.0. The van der Waals surface area contributed by atoms with Crippen LogP contribution in [0, 0.1) is 24.4 Å². The highest BCUT2D eigenvalue weighted by atomic mass is 19.2. The third-order valence-electron chi connectivity index (χ3n) is 5.72. The maximum Gasteiger partial charge on any atom is 0.250 e. The van der Waals surface area contributed by atoms with Crippen molar-refractivity contribution in [2.75, 3.05) is 14.1 Å². The number of fused-ring (bicyclic) bond motifs is 1. The molecule has 0 aliphatic rings. The fraction of sp³-hybridized carbons (Fsp3) is 0.200. The summed E-state index contributed by atoms with van der Waals surface area (Å²) in [6.07, 6.45) is 1.54. The van der Waals surface area contributed by atoms with Gasteiger partial charge in [-0.15, -0.1) is 0 Å². The summed E-state index contributed by atoms with van der Waals surface area (Å²) in [4.78, 5) is 26.3. The lowest BCUT2D eigenvalue weighted by Gasteiger charge is -2.14. The van der Waals surface area contributed by atoms with Crippen LogP contribution in [-0.2, 0) is 17.9 Å². The van der Waals surface area contributed by atoms with Gasteiger partial charge in [0.2, 0.25) is 5.91 Å². The molecule has 0 N–H and O–H groups in total. The van der Waals surface area contributed by atoms with Gasteiger partial charge in [0.25, 0.3) is 5.56 Å². The molecule has 0 aliphatic heterocycles. The van der Waals surface area contributed by atoms with Crippen LogP contribution in [0.2, 0.25) is 0 Å². The zero-order valence-corrected chi connectivity index (χ0v) is 18.4. The molecule has 4 aromatic rings. The molecular weight excluding hydrogens is 431 g/mol. The maximum absolute atomic E-state index is 14.2. The van der Waals surface area contributed by atoms with E-state index in [9.17, 15) is 22.8 Å². The molecule has 1 amide bonds. The second kappa shape index (κ2) is 8.61. The lowest BCUT2D eigenvalue weighted by molar-refractivity contribution is -0.129. The molecule has 0 saturated carbocycles. The fourth-order valence-electron chi connectivity index (χ4n) is 3.96. The largest absolute Gasteiger partial charge is 0.347 e. The Morgan fingerprint density at radius 1 is 1.03 bits per heavy atom. The number of amides is 1. The Bertz CT molecular complexity index is 1440. The number of nitrogens with zero attached hydrogens (tertiary/aromatic N) is 3. The zero-order chi connectivity index (χ0) is 23.9. The van der Waals surface area contributed by atoms with Gasteiger partial charge in [-0.3, -0.25) is 9.59 Å². The number of pyridine rings is 1. The van der Waals surface area contributed by atoms with Crippen molar-refractivity contribution in [2.24, 2.45) is 0 Å². The van der Waals surface area contributed by atoms with Crippen molar-refractivity contribution in [3.05, 3.63) is 93.8 Å². The number of halogens is 3. The molecule has 0 radical (unpaired) electrons. The van der Waals surface area contributed by atoms with Crippen molar-refractivity contribution >= 4 is 16.8 Å². The average molecular weight is 453 g/mol. The van der Waals surface area contributed by atoms with Crippen LogP contribution < -0.4 is 5.56 Å². The van der Waals surface area contributed by atoms with Gasteiger partial charge < -0.3 is 14.0 Å². The van der Waals surface area contributed by atoms with Gasteiger partial charge in [-0.1, -0.05) is 12.1 Å². The third kappa shape index (κ3) is 4.16. The highest BCUT2D eigenvalue weighted by molar-refractivity contribution is 5.98. The van der Waals surface area contributed by atoms with Crippen molar-refractivity contribution < 1.29 is 18.0 Å². The minimum atomic E-state index is -1.01. The van der Waals surface area contributed by atoms with Crippen LogP contribution in [0.5, 0.6) is 0 Å². The Morgan fingerprint density at radius 3 is 2.52 bits per heavy atom. The van der Waals surface area contributed by atoms with E-state index >= 15 is 0 Å². The molecule has 0 atom stereocenters. The van der Waals surface area contributed by atoms with Crippen LogP contribution in [0.3, 0.4) is 0 Å². The van der Waals surface area contributed by atoms with Crippen LogP contribution in [0.25, 0.3) is 22.0 Å². The Balaban J connectivity index is 1.87. The normalized spacial score (nSPS) is 11.2. The fourth-order valence-corrected chi connectivity index (χ4v) is 3.96. The highest BCUT2D eigenvalue weighted by Gasteiger charge is 2.19. The monoisotopic (exact) mass is 453 g/mol. The van der Waals surface area contributed by atoms with Crippen molar-refractivity contribution in [2.45, 2.75) is 20.0 Å². The number of hydrogen-bond acceptors (Lipinski definition) is 2. The molecule has 5 nitrogen and oxygen atoms in total. The van der Waals surface area contributed by atoms with Gasteiger partial charge in [0.05, 0.1) is 6.54 Å². The summed E-state index contributed by atoms with van der Waals surface area (Å²) in [6, 6.07) is 11.1. The first kappa shape index (κ1) is 22.4. The summed E-state index contributed by atoms with van der Waals surface area (Å²) < 4.78 is 45.0. The summed E-state index contributed by atoms with van der Waals surface area (Å²) in [5.74, 6) is -2.56. The van der Waals surface area contributed by atoms with Crippen molar-refractivity contribution in [3.8, 4) is 11.1 Å². The van der Waals surface area contributed by atoms with E-state index in [0.717, 1.165) is 6.07 Å². The summed E-state index contributed by atoms with van der Waals surface area (Å²) in [7, 11) is 3.32. The number of carbonyl (C=O) groups is 1. The van der Waals surface area contributed by atoms with E-state index in [1.807, 2.05) is 6.92 Å². The van der Waals surface area contributed by atoms with E-state index in [1.54, 1.807) is 30.8 Å². The molecular formula is C25H22F3N3O2. The van der Waals surface area contributed by atoms with Gasteiger partial charge >= 0.3 is 0 Å². The van der Waals surface area contributed by atoms with E-state index in [0.29, 0.717) is 27.7 Å². The van der Waals surface area contributed by atoms with E-state index in [1.165, 1.54) is 46.0 Å². The predicted molar refractivity (Wildman–Crippen MR) is 120 cm³/mol. The molecule has 33 heavy (non-hydrogen) atoms. The molecule has 170 valence electrons. The molecule has 4 rings (SSSR count). The second-order valence-corrected chi connectivity index (χ2v) is 8.09. The van der Waals surface area contributed by atoms with E-state index < -0.39 is 23.0 Å². The minimum absolute atomic E-state index is 0.0380. The topological polar surface area (TPSA) is 47.2 Å². The summed E-state index contributed by atoms with van der Waals surface area (Å²) in [5, 5.41) is 0.584. The minimum Gasteiger partial charge on any atom is -0.347 e. The van der Waals surface area contributed by atoms with E-state index in [-0.39, 0.29) is 24.6 Å². The first-order valence-corrected chi connectivity index (χ1v) is 10.3. The number of likely N-dealkylation sites (N-methyl/N-ethyl adjacent to an activating group) is 1. The second-order valence-electron chi connectivity index (χ2n) is 8.09.